The molecule has 1 heterocycles. The van der Waals surface area contributed by atoms with Crippen LogP contribution in [0.25, 0.3) is 0 Å². The van der Waals surface area contributed by atoms with Crippen LogP contribution in [0.3, 0.4) is 0 Å². The van der Waals surface area contributed by atoms with E-state index in [1.807, 2.05) is 0 Å². The number of primary amides is 1. The van der Waals surface area contributed by atoms with E-state index < -0.39 is 66.1 Å². The fourth-order valence-corrected chi connectivity index (χ4v) is 3.42. The zero-order chi connectivity index (χ0) is 28.1. The number of nitrogens with zero attached hydrogens (tertiary/aromatic N) is 1. The number of amides is 5. The van der Waals surface area contributed by atoms with Gasteiger partial charge in [0, 0.05) is 18.8 Å². The molecule has 37 heavy (non-hydrogen) atoms. The highest BCUT2D eigenvalue weighted by Crippen LogP contribution is 2.11. The third kappa shape index (κ3) is 11.1. The van der Waals surface area contributed by atoms with Crippen molar-refractivity contribution >= 4 is 35.5 Å². The van der Waals surface area contributed by atoms with Crippen LogP contribution in [0.4, 0.5) is 4.79 Å². The van der Waals surface area contributed by atoms with Crippen LogP contribution < -0.4 is 27.0 Å². The van der Waals surface area contributed by atoms with E-state index in [-0.39, 0.29) is 18.8 Å². The van der Waals surface area contributed by atoms with Crippen LogP contribution in [0.1, 0.15) is 46.1 Å². The molecule has 0 bridgehead atoms. The first kappa shape index (κ1) is 31.0. The summed E-state index contributed by atoms with van der Waals surface area (Å²) in [7, 11) is 0. The van der Waals surface area contributed by atoms with Crippen molar-refractivity contribution in [3.63, 3.8) is 0 Å². The standard InChI is InChI=1S/C24H36N6O7/c1-5-14(4)19(30-22(34)17(9-13(2)3)29-24(36)37)20(32)23(35)27-12-18(31)28-16(21(25)33)10-15-7-6-8-26-11-15/h6-8,11,13-14,16-17,19,29H,5,9-10,12H2,1-4H3,(H2,25,33)(H,27,35)(H,28,31)(H,30,34)(H,36,37)/t14-,16-,17-,19?/m0/s1. The van der Waals surface area contributed by atoms with Gasteiger partial charge in [0.2, 0.25) is 23.5 Å². The van der Waals surface area contributed by atoms with Crippen molar-refractivity contribution in [1.29, 1.82) is 0 Å². The molecule has 0 aromatic carbocycles. The average molecular weight is 521 g/mol. The molecule has 0 aliphatic heterocycles. The number of carbonyl (C=O) groups excluding carboxylic acids is 5. The summed E-state index contributed by atoms with van der Waals surface area (Å²) in [6, 6.07) is -0.0468. The lowest BCUT2D eigenvalue weighted by atomic mass is 9.94. The molecule has 0 saturated heterocycles. The number of hydrogen-bond donors (Lipinski definition) is 6. The van der Waals surface area contributed by atoms with Crippen LogP contribution >= 0.6 is 0 Å². The van der Waals surface area contributed by atoms with E-state index >= 15 is 0 Å². The van der Waals surface area contributed by atoms with Crippen LogP contribution in [0.2, 0.25) is 0 Å². The largest absolute Gasteiger partial charge is 0.465 e. The molecular formula is C24H36N6O7. The molecule has 1 aromatic rings. The monoisotopic (exact) mass is 520 g/mol. The van der Waals surface area contributed by atoms with Gasteiger partial charge in [-0.3, -0.25) is 29.0 Å². The summed E-state index contributed by atoms with van der Waals surface area (Å²) >= 11 is 0. The normalized spacial score (nSPS) is 14.0. The second kappa shape index (κ2) is 15.2. The van der Waals surface area contributed by atoms with Crippen LogP contribution in [-0.4, -0.2) is 70.3 Å². The fourth-order valence-electron chi connectivity index (χ4n) is 3.42. The Morgan fingerprint density at radius 2 is 1.70 bits per heavy atom. The van der Waals surface area contributed by atoms with Gasteiger partial charge >= 0.3 is 6.09 Å². The Balaban J connectivity index is 2.81. The van der Waals surface area contributed by atoms with Gasteiger partial charge in [0.15, 0.2) is 0 Å². The predicted molar refractivity (Wildman–Crippen MR) is 133 cm³/mol. The number of nitrogens with two attached hydrogens (primary N) is 1. The number of nitrogens with one attached hydrogen (secondary N) is 4. The van der Waals surface area contributed by atoms with E-state index in [0.717, 1.165) is 0 Å². The molecule has 1 aromatic heterocycles. The Morgan fingerprint density at radius 1 is 1.03 bits per heavy atom. The SMILES string of the molecule is CC[C@H](C)C(NC(=O)[C@H](CC(C)C)NC(=O)O)C(=O)C(=O)NCC(=O)N[C@@H](Cc1cccnc1)C(N)=O. The third-order valence-corrected chi connectivity index (χ3v) is 5.59. The average Bonchev–Trinajstić information content (AvgIpc) is 2.83. The van der Waals surface area contributed by atoms with Crippen molar-refractivity contribution in [3.8, 4) is 0 Å². The van der Waals surface area contributed by atoms with Gasteiger partial charge in [-0.25, -0.2) is 4.79 Å². The van der Waals surface area contributed by atoms with Gasteiger partial charge in [-0.2, -0.15) is 0 Å². The van der Waals surface area contributed by atoms with Crippen molar-refractivity contribution in [1.82, 2.24) is 26.3 Å². The highest BCUT2D eigenvalue weighted by molar-refractivity contribution is 6.38. The quantitative estimate of drug-likeness (QED) is 0.165. The van der Waals surface area contributed by atoms with Crippen molar-refractivity contribution < 1.29 is 33.9 Å². The Labute approximate surface area is 215 Å². The van der Waals surface area contributed by atoms with E-state index in [0.29, 0.717) is 12.0 Å². The second-order valence-corrected chi connectivity index (χ2v) is 9.14. The van der Waals surface area contributed by atoms with Crippen LogP contribution in [0.15, 0.2) is 24.5 Å². The van der Waals surface area contributed by atoms with Crippen molar-refractivity contribution in [2.45, 2.75) is 65.1 Å². The number of Topliss-reactive ketones (excluding diaryl/α,β-unsaturated/α-hetero) is 1. The maximum atomic E-state index is 12.9. The molecule has 4 atom stereocenters. The van der Waals surface area contributed by atoms with Gasteiger partial charge in [-0.1, -0.05) is 40.2 Å². The molecule has 5 amide bonds. The van der Waals surface area contributed by atoms with E-state index in [1.165, 1.54) is 6.20 Å². The molecule has 0 aliphatic rings. The minimum absolute atomic E-state index is 0.0236. The number of hydrogen-bond acceptors (Lipinski definition) is 7. The smallest absolute Gasteiger partial charge is 0.405 e. The van der Waals surface area contributed by atoms with Crippen molar-refractivity contribution in [2.75, 3.05) is 6.54 Å². The van der Waals surface area contributed by atoms with Gasteiger partial charge in [0.25, 0.3) is 5.91 Å². The van der Waals surface area contributed by atoms with Gasteiger partial charge in [0.1, 0.15) is 12.1 Å². The summed E-state index contributed by atoms with van der Waals surface area (Å²) in [5.74, 6) is -4.86. The lowest BCUT2D eigenvalue weighted by molar-refractivity contribution is -0.141. The topological polar surface area (TPSA) is 210 Å². The highest BCUT2D eigenvalue weighted by Gasteiger charge is 2.33. The van der Waals surface area contributed by atoms with E-state index in [1.54, 1.807) is 46.0 Å². The van der Waals surface area contributed by atoms with Crippen molar-refractivity contribution in [3.05, 3.63) is 30.1 Å². The maximum absolute atomic E-state index is 12.9. The first-order chi connectivity index (χ1) is 17.3. The molecule has 7 N–H and O–H groups in total. The molecule has 0 saturated carbocycles. The fraction of sp³-hybridized carbons (Fsp3) is 0.542. The Hall–Kier alpha value is -4.03. The number of carbonyl (C=O) groups is 6. The summed E-state index contributed by atoms with van der Waals surface area (Å²) in [6.45, 7) is 6.41. The summed E-state index contributed by atoms with van der Waals surface area (Å²) < 4.78 is 0. The number of carboxylic acid groups (broad SMARTS) is 1. The molecule has 0 fully saturated rings. The Kier molecular flexibility index (Phi) is 12.7. The molecule has 13 nitrogen and oxygen atoms in total. The zero-order valence-corrected chi connectivity index (χ0v) is 21.4. The summed E-state index contributed by atoms with van der Waals surface area (Å²) in [6.07, 6.45) is 2.38. The maximum Gasteiger partial charge on any atom is 0.405 e. The molecular weight excluding hydrogens is 484 g/mol. The van der Waals surface area contributed by atoms with E-state index in [2.05, 4.69) is 26.3 Å². The van der Waals surface area contributed by atoms with Crippen LogP contribution in [0, 0.1) is 11.8 Å². The first-order valence-corrected chi connectivity index (χ1v) is 11.9. The van der Waals surface area contributed by atoms with Crippen molar-refractivity contribution in [2.24, 2.45) is 17.6 Å². The predicted octanol–water partition coefficient (Wildman–Crippen LogP) is -0.507. The second-order valence-electron chi connectivity index (χ2n) is 9.14. The lowest BCUT2D eigenvalue weighted by Crippen LogP contribution is -2.56. The molecule has 0 radical (unpaired) electrons. The minimum Gasteiger partial charge on any atom is -0.465 e. The number of rotatable bonds is 15. The van der Waals surface area contributed by atoms with Gasteiger partial charge < -0.3 is 32.1 Å². The molecule has 13 heteroatoms. The van der Waals surface area contributed by atoms with Gasteiger partial charge in [0.05, 0.1) is 12.6 Å². The van der Waals surface area contributed by atoms with Gasteiger partial charge in [-0.05, 0) is 29.9 Å². The van der Waals surface area contributed by atoms with Crippen LogP contribution in [-0.2, 0) is 30.4 Å². The molecule has 0 spiro atoms. The summed E-state index contributed by atoms with van der Waals surface area (Å²) in [5, 5.41) is 18.2. The van der Waals surface area contributed by atoms with E-state index in [9.17, 15) is 28.8 Å². The number of aromatic nitrogens is 1. The molecule has 204 valence electrons. The summed E-state index contributed by atoms with van der Waals surface area (Å²) in [4.78, 5) is 77.2. The van der Waals surface area contributed by atoms with E-state index in [4.69, 9.17) is 10.8 Å². The number of ketones is 1. The third-order valence-electron chi connectivity index (χ3n) is 5.59. The lowest BCUT2D eigenvalue weighted by Gasteiger charge is -2.26. The Morgan fingerprint density at radius 3 is 2.22 bits per heavy atom. The summed E-state index contributed by atoms with van der Waals surface area (Å²) in [5.41, 5.74) is 6.02. The Bertz CT molecular complexity index is 970. The van der Waals surface area contributed by atoms with Gasteiger partial charge in [-0.15, -0.1) is 0 Å². The van der Waals surface area contributed by atoms with Crippen LogP contribution in [0.5, 0.6) is 0 Å². The molecule has 0 aliphatic carbocycles. The first-order valence-electron chi connectivity index (χ1n) is 11.9. The molecule has 1 unspecified atom stereocenters. The minimum atomic E-state index is -1.39. The molecule has 1 rings (SSSR count). The zero-order valence-electron chi connectivity index (χ0n) is 21.4. The highest BCUT2D eigenvalue weighted by atomic mass is 16.4. The number of pyridine rings is 1.